The van der Waals surface area contributed by atoms with Crippen LogP contribution in [-0.2, 0) is 0 Å². The summed E-state index contributed by atoms with van der Waals surface area (Å²) in [7, 11) is 0. The van der Waals surface area contributed by atoms with Crippen LogP contribution in [0.1, 0.15) is 19.9 Å². The van der Waals surface area contributed by atoms with Crippen molar-refractivity contribution < 1.29 is 0 Å². The topological polar surface area (TPSA) is 30.7 Å². The fourth-order valence-electron chi connectivity index (χ4n) is 3.03. The van der Waals surface area contributed by atoms with E-state index in [2.05, 4.69) is 58.8 Å². The first kappa shape index (κ1) is 14.2. The quantitative estimate of drug-likeness (QED) is 0.489. The molecule has 0 N–H and O–H groups in total. The van der Waals surface area contributed by atoms with Crippen LogP contribution >= 0.6 is 11.6 Å². The Morgan fingerprint density at radius 3 is 2.65 bits per heavy atom. The smallest absolute Gasteiger partial charge is 0.0966 e. The Labute approximate surface area is 139 Å². The molecule has 0 unspecified atom stereocenters. The summed E-state index contributed by atoms with van der Waals surface area (Å²) in [6.07, 6.45) is 5.54. The molecule has 0 aliphatic carbocycles. The number of nitrogens with zero attached hydrogens (tertiary/aromatic N) is 3. The summed E-state index contributed by atoms with van der Waals surface area (Å²) in [4.78, 5) is 8.87. The van der Waals surface area contributed by atoms with Gasteiger partial charge in [0.25, 0.3) is 0 Å². The van der Waals surface area contributed by atoms with Gasteiger partial charge in [0.2, 0.25) is 0 Å². The average Bonchev–Trinajstić information content (AvgIpc) is 2.97. The minimum Gasteiger partial charge on any atom is -0.345 e. The fourth-order valence-corrected chi connectivity index (χ4v) is 3.24. The molecule has 0 saturated carbocycles. The van der Waals surface area contributed by atoms with Crippen LogP contribution in [0.4, 0.5) is 0 Å². The van der Waals surface area contributed by atoms with Crippen LogP contribution in [0, 0.1) is 0 Å². The molecule has 114 valence electrons. The van der Waals surface area contributed by atoms with E-state index in [9.17, 15) is 0 Å². The summed E-state index contributed by atoms with van der Waals surface area (Å²) >= 11 is 6.28. The molecule has 0 aliphatic heterocycles. The van der Waals surface area contributed by atoms with Gasteiger partial charge in [-0.15, -0.1) is 0 Å². The second kappa shape index (κ2) is 5.36. The van der Waals surface area contributed by atoms with E-state index >= 15 is 0 Å². The van der Waals surface area contributed by atoms with E-state index in [1.54, 1.807) is 12.4 Å². The summed E-state index contributed by atoms with van der Waals surface area (Å²) in [5, 5.41) is 1.91. The predicted molar refractivity (Wildman–Crippen MR) is 95.9 cm³/mol. The van der Waals surface area contributed by atoms with Crippen LogP contribution in [0.3, 0.4) is 0 Å². The third-order valence-electron chi connectivity index (χ3n) is 4.13. The SMILES string of the molecule is CC(C)n1ccc2ccc(-c3cc(Cl)cc4nccnc34)cc21. The molecule has 0 aliphatic rings. The summed E-state index contributed by atoms with van der Waals surface area (Å²) in [5.41, 5.74) is 5.02. The van der Waals surface area contributed by atoms with Crippen LogP contribution < -0.4 is 0 Å². The molecule has 2 heterocycles. The lowest BCUT2D eigenvalue weighted by atomic mass is 10.0. The molecule has 0 saturated heterocycles. The fraction of sp³-hybridized carbons (Fsp3) is 0.158. The highest BCUT2D eigenvalue weighted by Gasteiger charge is 2.11. The Morgan fingerprint density at radius 1 is 1.00 bits per heavy atom. The largest absolute Gasteiger partial charge is 0.345 e. The van der Waals surface area contributed by atoms with Gasteiger partial charge in [0.1, 0.15) is 0 Å². The minimum atomic E-state index is 0.415. The molecule has 0 atom stereocenters. The second-order valence-corrected chi connectivity index (χ2v) is 6.40. The monoisotopic (exact) mass is 321 g/mol. The van der Waals surface area contributed by atoms with E-state index < -0.39 is 0 Å². The lowest BCUT2D eigenvalue weighted by molar-refractivity contribution is 0.623. The molecule has 0 spiro atoms. The van der Waals surface area contributed by atoms with Crippen LogP contribution in [0.5, 0.6) is 0 Å². The van der Waals surface area contributed by atoms with E-state index in [0.717, 1.165) is 22.2 Å². The summed E-state index contributed by atoms with van der Waals surface area (Å²) in [5.74, 6) is 0. The molecular weight excluding hydrogens is 306 g/mol. The van der Waals surface area contributed by atoms with Crippen molar-refractivity contribution in [1.82, 2.24) is 14.5 Å². The Morgan fingerprint density at radius 2 is 1.83 bits per heavy atom. The van der Waals surface area contributed by atoms with Gasteiger partial charge in [-0.2, -0.15) is 0 Å². The van der Waals surface area contributed by atoms with Gasteiger partial charge in [0.15, 0.2) is 0 Å². The van der Waals surface area contributed by atoms with Gasteiger partial charge in [-0.3, -0.25) is 9.97 Å². The van der Waals surface area contributed by atoms with Crippen molar-refractivity contribution in [3.05, 3.63) is 60.0 Å². The summed E-state index contributed by atoms with van der Waals surface area (Å²) in [6, 6.07) is 12.8. The third kappa shape index (κ3) is 2.37. The lowest BCUT2D eigenvalue weighted by Crippen LogP contribution is -1.98. The van der Waals surface area contributed by atoms with Crippen molar-refractivity contribution in [2.75, 3.05) is 0 Å². The number of fused-ring (bicyclic) bond motifs is 2. The Kier molecular flexibility index (Phi) is 3.31. The number of benzene rings is 2. The van der Waals surface area contributed by atoms with E-state index in [1.807, 2.05) is 12.1 Å². The summed E-state index contributed by atoms with van der Waals surface area (Å²) < 4.78 is 2.28. The van der Waals surface area contributed by atoms with Crippen LogP contribution in [0.25, 0.3) is 33.1 Å². The van der Waals surface area contributed by atoms with Gasteiger partial charge in [-0.25, -0.2) is 0 Å². The zero-order valence-corrected chi connectivity index (χ0v) is 13.7. The number of aromatic nitrogens is 3. The van der Waals surface area contributed by atoms with Crippen molar-refractivity contribution in [3.8, 4) is 11.1 Å². The number of hydrogen-bond acceptors (Lipinski definition) is 2. The van der Waals surface area contributed by atoms with Gasteiger partial charge < -0.3 is 4.57 Å². The second-order valence-electron chi connectivity index (χ2n) is 5.97. The molecule has 4 rings (SSSR count). The van der Waals surface area contributed by atoms with Gasteiger partial charge >= 0.3 is 0 Å². The molecule has 0 radical (unpaired) electrons. The summed E-state index contributed by atoms with van der Waals surface area (Å²) in [6.45, 7) is 4.37. The highest BCUT2D eigenvalue weighted by molar-refractivity contribution is 6.31. The highest BCUT2D eigenvalue weighted by atomic mass is 35.5. The van der Waals surface area contributed by atoms with Crippen molar-refractivity contribution in [2.45, 2.75) is 19.9 Å². The molecule has 4 aromatic rings. The van der Waals surface area contributed by atoms with E-state index in [4.69, 9.17) is 11.6 Å². The van der Waals surface area contributed by atoms with Crippen LogP contribution in [0.15, 0.2) is 55.0 Å². The van der Waals surface area contributed by atoms with Crippen molar-refractivity contribution in [2.24, 2.45) is 0 Å². The van der Waals surface area contributed by atoms with Gasteiger partial charge in [0, 0.05) is 40.7 Å². The molecule has 0 fully saturated rings. The standard InChI is InChI=1S/C19H16ClN3/c1-12(2)23-8-5-13-3-4-14(9-18(13)23)16-10-15(20)11-17-19(16)22-7-6-21-17/h3-12H,1-2H3. The Balaban J connectivity index is 2.01. The Hall–Kier alpha value is -2.39. The van der Waals surface area contributed by atoms with Crippen LogP contribution in [0.2, 0.25) is 5.02 Å². The molecule has 2 aromatic heterocycles. The molecule has 3 nitrogen and oxygen atoms in total. The first-order valence-corrected chi connectivity index (χ1v) is 8.02. The first-order chi connectivity index (χ1) is 11.1. The number of rotatable bonds is 2. The van der Waals surface area contributed by atoms with E-state index in [1.165, 1.54) is 10.9 Å². The van der Waals surface area contributed by atoms with E-state index in [0.29, 0.717) is 11.1 Å². The third-order valence-corrected chi connectivity index (χ3v) is 4.35. The van der Waals surface area contributed by atoms with Gasteiger partial charge in [-0.1, -0.05) is 23.7 Å². The number of hydrogen-bond donors (Lipinski definition) is 0. The van der Waals surface area contributed by atoms with E-state index in [-0.39, 0.29) is 0 Å². The normalized spacial score (nSPS) is 11.7. The molecule has 4 heteroatoms. The van der Waals surface area contributed by atoms with Crippen molar-refractivity contribution in [3.63, 3.8) is 0 Å². The minimum absolute atomic E-state index is 0.415. The predicted octanol–water partition coefficient (Wildman–Crippen LogP) is 5.49. The molecule has 0 amide bonds. The van der Waals surface area contributed by atoms with Gasteiger partial charge in [0.05, 0.1) is 11.0 Å². The first-order valence-electron chi connectivity index (χ1n) is 7.65. The maximum Gasteiger partial charge on any atom is 0.0966 e. The zero-order valence-electron chi connectivity index (χ0n) is 13.0. The molecule has 23 heavy (non-hydrogen) atoms. The lowest BCUT2D eigenvalue weighted by Gasteiger charge is -2.11. The van der Waals surface area contributed by atoms with Crippen molar-refractivity contribution >= 4 is 33.5 Å². The maximum atomic E-state index is 6.28. The molecular formula is C19H16ClN3. The molecule has 0 bridgehead atoms. The van der Waals surface area contributed by atoms with Crippen molar-refractivity contribution in [1.29, 1.82) is 0 Å². The Bertz CT molecular complexity index is 1020. The number of halogens is 1. The molecule has 2 aromatic carbocycles. The maximum absolute atomic E-state index is 6.28. The average molecular weight is 322 g/mol. The zero-order chi connectivity index (χ0) is 16.0. The van der Waals surface area contributed by atoms with Gasteiger partial charge in [-0.05, 0) is 49.1 Å². The van der Waals surface area contributed by atoms with Crippen LogP contribution in [-0.4, -0.2) is 14.5 Å². The highest BCUT2D eigenvalue weighted by Crippen LogP contribution is 2.32.